The van der Waals surface area contributed by atoms with Gasteiger partial charge in [0.2, 0.25) is 0 Å². The Bertz CT molecular complexity index is 564. The van der Waals surface area contributed by atoms with Crippen LogP contribution in [0.2, 0.25) is 0 Å². The molecule has 0 saturated heterocycles. The average molecular weight is 253 g/mol. The van der Waals surface area contributed by atoms with Crippen molar-refractivity contribution in [3.8, 4) is 10.9 Å². The molecule has 5 nitrogen and oxygen atoms in total. The minimum absolute atomic E-state index is 0.405. The van der Waals surface area contributed by atoms with Crippen molar-refractivity contribution in [3.05, 3.63) is 17.7 Å². The third-order valence-corrected chi connectivity index (χ3v) is 3.22. The first-order chi connectivity index (χ1) is 8.19. The van der Waals surface area contributed by atoms with E-state index >= 15 is 0 Å². The van der Waals surface area contributed by atoms with Gasteiger partial charge in [0.25, 0.3) is 5.19 Å². The number of fused-ring (bicyclic) bond motifs is 1. The second-order valence-corrected chi connectivity index (χ2v) is 4.19. The van der Waals surface area contributed by atoms with Crippen LogP contribution in [0.1, 0.15) is 10.4 Å². The van der Waals surface area contributed by atoms with Crippen LogP contribution in [-0.4, -0.2) is 32.3 Å². The summed E-state index contributed by atoms with van der Waals surface area (Å²) >= 11 is 1.35. The summed E-state index contributed by atoms with van der Waals surface area (Å²) in [6.07, 6.45) is 0. The van der Waals surface area contributed by atoms with Crippen LogP contribution in [0.4, 0.5) is 0 Å². The molecule has 1 aromatic carbocycles. The van der Waals surface area contributed by atoms with E-state index in [4.69, 9.17) is 9.47 Å². The van der Waals surface area contributed by atoms with Crippen molar-refractivity contribution in [1.29, 1.82) is 0 Å². The van der Waals surface area contributed by atoms with Crippen LogP contribution in [0.5, 0.6) is 10.9 Å². The molecule has 0 amide bonds. The van der Waals surface area contributed by atoms with Crippen molar-refractivity contribution in [3.63, 3.8) is 0 Å². The van der Waals surface area contributed by atoms with Gasteiger partial charge in [0, 0.05) is 0 Å². The molecule has 2 aromatic rings. The topological polar surface area (TPSA) is 57.7 Å². The van der Waals surface area contributed by atoms with Crippen molar-refractivity contribution in [2.75, 3.05) is 21.3 Å². The van der Waals surface area contributed by atoms with E-state index in [9.17, 15) is 4.79 Å². The Morgan fingerprint density at radius 1 is 1.24 bits per heavy atom. The summed E-state index contributed by atoms with van der Waals surface area (Å²) in [5.74, 6) is 0.125. The first kappa shape index (κ1) is 11.7. The fourth-order valence-electron chi connectivity index (χ4n) is 1.46. The third kappa shape index (κ3) is 2.03. The minimum atomic E-state index is -0.405. The van der Waals surface area contributed by atoms with Gasteiger partial charge in [-0.15, -0.1) is 0 Å². The number of ether oxygens (including phenoxy) is 3. The van der Waals surface area contributed by atoms with E-state index < -0.39 is 5.97 Å². The minimum Gasteiger partial charge on any atom is -0.494 e. The van der Waals surface area contributed by atoms with E-state index in [0.29, 0.717) is 22.0 Å². The Hall–Kier alpha value is -1.82. The molecular weight excluding hydrogens is 242 g/mol. The number of methoxy groups -OCH3 is 3. The lowest BCUT2D eigenvalue weighted by Gasteiger charge is -2.03. The highest BCUT2D eigenvalue weighted by atomic mass is 32.1. The predicted molar refractivity (Wildman–Crippen MR) is 64.1 cm³/mol. The lowest BCUT2D eigenvalue weighted by atomic mass is 10.2. The van der Waals surface area contributed by atoms with Crippen LogP contribution >= 0.6 is 11.3 Å². The highest BCUT2D eigenvalue weighted by Gasteiger charge is 2.15. The van der Waals surface area contributed by atoms with Gasteiger partial charge in [0.15, 0.2) is 0 Å². The summed E-state index contributed by atoms with van der Waals surface area (Å²) in [5.41, 5.74) is 1.12. The summed E-state index contributed by atoms with van der Waals surface area (Å²) in [6.45, 7) is 0. The van der Waals surface area contributed by atoms with Crippen molar-refractivity contribution < 1.29 is 19.0 Å². The predicted octanol–water partition coefficient (Wildman–Crippen LogP) is 2.10. The first-order valence-corrected chi connectivity index (χ1v) is 5.62. The van der Waals surface area contributed by atoms with E-state index in [1.807, 2.05) is 0 Å². The van der Waals surface area contributed by atoms with Crippen molar-refractivity contribution in [1.82, 2.24) is 4.98 Å². The van der Waals surface area contributed by atoms with E-state index in [1.165, 1.54) is 25.6 Å². The summed E-state index contributed by atoms with van der Waals surface area (Å²) in [4.78, 5) is 15.7. The molecule has 1 heterocycles. The number of carbonyl (C=O) groups is 1. The fourth-order valence-corrected chi connectivity index (χ4v) is 2.29. The fraction of sp³-hybridized carbons (Fsp3) is 0.273. The van der Waals surface area contributed by atoms with Crippen LogP contribution in [0, 0.1) is 0 Å². The summed E-state index contributed by atoms with van der Waals surface area (Å²) in [5, 5.41) is 0.528. The third-order valence-electron chi connectivity index (χ3n) is 2.26. The Morgan fingerprint density at radius 2 is 2.00 bits per heavy atom. The highest BCUT2D eigenvalue weighted by Crippen LogP contribution is 2.34. The summed E-state index contributed by atoms with van der Waals surface area (Å²) < 4.78 is 15.8. The van der Waals surface area contributed by atoms with Crippen molar-refractivity contribution in [2.45, 2.75) is 0 Å². The molecule has 90 valence electrons. The summed E-state index contributed by atoms with van der Waals surface area (Å²) in [7, 11) is 4.42. The van der Waals surface area contributed by atoms with Gasteiger partial charge in [0.05, 0.1) is 31.6 Å². The number of benzene rings is 1. The van der Waals surface area contributed by atoms with E-state index in [2.05, 4.69) is 9.72 Å². The zero-order valence-corrected chi connectivity index (χ0v) is 10.5. The number of hydrogen-bond donors (Lipinski definition) is 0. The van der Waals surface area contributed by atoms with Gasteiger partial charge in [-0.1, -0.05) is 11.3 Å². The molecule has 0 aliphatic carbocycles. The quantitative estimate of drug-likeness (QED) is 0.784. The van der Waals surface area contributed by atoms with E-state index in [0.717, 1.165) is 4.70 Å². The number of esters is 1. The number of thiazole rings is 1. The lowest BCUT2D eigenvalue weighted by Crippen LogP contribution is -2.01. The first-order valence-electron chi connectivity index (χ1n) is 4.80. The Balaban J connectivity index is 2.64. The zero-order valence-electron chi connectivity index (χ0n) is 9.64. The lowest BCUT2D eigenvalue weighted by molar-refractivity contribution is 0.0600. The van der Waals surface area contributed by atoms with E-state index in [1.54, 1.807) is 19.2 Å². The molecule has 0 aliphatic heterocycles. The number of aromatic nitrogens is 1. The molecule has 0 fully saturated rings. The zero-order chi connectivity index (χ0) is 12.4. The molecule has 2 rings (SSSR count). The molecule has 0 N–H and O–H groups in total. The normalized spacial score (nSPS) is 10.3. The van der Waals surface area contributed by atoms with Crippen LogP contribution < -0.4 is 9.47 Å². The molecule has 0 bridgehead atoms. The standard InChI is InChI=1S/C11H11NO4S/c1-14-7-4-6(10(13)15-2)5-8-9(7)12-11(16-3)17-8/h4-5H,1-3H3. The van der Waals surface area contributed by atoms with Gasteiger partial charge in [-0.2, -0.15) is 4.98 Å². The number of carbonyl (C=O) groups excluding carboxylic acids is 1. The monoisotopic (exact) mass is 253 g/mol. The molecule has 0 radical (unpaired) electrons. The van der Waals surface area contributed by atoms with Gasteiger partial charge in [0.1, 0.15) is 11.3 Å². The van der Waals surface area contributed by atoms with Crippen LogP contribution in [-0.2, 0) is 4.74 Å². The van der Waals surface area contributed by atoms with Gasteiger partial charge in [-0.25, -0.2) is 4.79 Å². The van der Waals surface area contributed by atoms with Gasteiger partial charge >= 0.3 is 5.97 Å². The van der Waals surface area contributed by atoms with Crippen LogP contribution in [0.25, 0.3) is 10.2 Å². The second kappa shape index (κ2) is 4.58. The molecule has 0 saturated carbocycles. The maximum atomic E-state index is 11.5. The number of hydrogen-bond acceptors (Lipinski definition) is 6. The van der Waals surface area contributed by atoms with Gasteiger partial charge in [-0.3, -0.25) is 0 Å². The molecule has 0 atom stereocenters. The molecule has 17 heavy (non-hydrogen) atoms. The van der Waals surface area contributed by atoms with Crippen molar-refractivity contribution in [2.24, 2.45) is 0 Å². The molecule has 0 aliphatic rings. The molecule has 0 unspecified atom stereocenters. The van der Waals surface area contributed by atoms with Crippen molar-refractivity contribution >= 4 is 27.5 Å². The van der Waals surface area contributed by atoms with E-state index in [-0.39, 0.29) is 0 Å². The smallest absolute Gasteiger partial charge is 0.338 e. The Labute approximate surface area is 102 Å². The van der Waals surface area contributed by atoms with Gasteiger partial charge in [-0.05, 0) is 12.1 Å². The maximum absolute atomic E-state index is 11.5. The summed E-state index contributed by atoms with van der Waals surface area (Å²) in [6, 6.07) is 3.32. The maximum Gasteiger partial charge on any atom is 0.338 e. The molecular formula is C11H11NO4S. The molecule has 0 spiro atoms. The highest BCUT2D eigenvalue weighted by molar-refractivity contribution is 7.20. The molecule has 1 aromatic heterocycles. The SMILES string of the molecule is COC(=O)c1cc(OC)c2nc(OC)sc2c1. The van der Waals surface area contributed by atoms with Crippen LogP contribution in [0.15, 0.2) is 12.1 Å². The largest absolute Gasteiger partial charge is 0.494 e. The molecule has 6 heteroatoms. The van der Waals surface area contributed by atoms with Gasteiger partial charge < -0.3 is 14.2 Å². The second-order valence-electron chi connectivity index (χ2n) is 3.20. The Morgan fingerprint density at radius 3 is 2.59 bits per heavy atom. The number of rotatable bonds is 3. The Kier molecular flexibility index (Phi) is 3.14. The van der Waals surface area contributed by atoms with Crippen LogP contribution in [0.3, 0.4) is 0 Å². The average Bonchev–Trinajstić information content (AvgIpc) is 2.79. The number of nitrogens with zero attached hydrogens (tertiary/aromatic N) is 1.